The first-order chi connectivity index (χ1) is 8.90. The third-order valence-electron chi connectivity index (χ3n) is 2.48. The van der Waals surface area contributed by atoms with E-state index in [4.69, 9.17) is 5.11 Å². The second-order valence-corrected chi connectivity index (χ2v) is 5.38. The molecule has 1 rings (SSSR count). The van der Waals surface area contributed by atoms with Crippen LogP contribution in [-0.2, 0) is 14.3 Å². The lowest BCUT2D eigenvalue weighted by atomic mass is 9.99. The fourth-order valence-corrected chi connectivity index (χ4v) is 1.54. The first-order valence-electron chi connectivity index (χ1n) is 6.61. The van der Waals surface area contributed by atoms with Gasteiger partial charge in [-0.1, -0.05) is 0 Å². The summed E-state index contributed by atoms with van der Waals surface area (Å²) in [5.74, 6) is 0.168. The first-order valence-corrected chi connectivity index (χ1v) is 6.61. The highest BCUT2D eigenvalue weighted by Gasteiger charge is 2.19. The van der Waals surface area contributed by atoms with Gasteiger partial charge in [0, 0.05) is 13.1 Å². The predicted molar refractivity (Wildman–Crippen MR) is 72.6 cm³/mol. The number of carbonyl (C=O) groups excluding carboxylic acids is 2. The molecule has 6 heteroatoms. The molecule has 0 saturated carbocycles. The van der Waals surface area contributed by atoms with Crippen molar-refractivity contribution in [2.75, 3.05) is 26.2 Å². The number of nitrogens with one attached hydrogen (secondary N) is 2. The molecular formula is C13H26N2O4. The minimum atomic E-state index is -0.318. The van der Waals surface area contributed by atoms with Crippen LogP contribution in [0, 0.1) is 5.92 Å². The van der Waals surface area contributed by atoms with E-state index >= 15 is 0 Å². The maximum Gasteiger partial charge on any atom is 0.293 e. The number of piperidine rings is 1. The summed E-state index contributed by atoms with van der Waals surface area (Å²) >= 11 is 0. The summed E-state index contributed by atoms with van der Waals surface area (Å²) in [7, 11) is 0. The largest absolute Gasteiger partial charge is 0.462 e. The Balaban J connectivity index is 0.000000399. The van der Waals surface area contributed by atoms with E-state index in [0.29, 0.717) is 13.0 Å². The topological polar surface area (TPSA) is 87.7 Å². The number of carbonyl (C=O) groups is 2. The van der Waals surface area contributed by atoms with Crippen LogP contribution in [0.25, 0.3) is 0 Å². The first kappa shape index (κ1) is 17.9. The van der Waals surface area contributed by atoms with Crippen molar-refractivity contribution in [2.24, 2.45) is 5.92 Å². The van der Waals surface area contributed by atoms with Gasteiger partial charge in [-0.15, -0.1) is 0 Å². The van der Waals surface area contributed by atoms with Crippen molar-refractivity contribution in [1.29, 1.82) is 0 Å². The second-order valence-electron chi connectivity index (χ2n) is 5.38. The maximum absolute atomic E-state index is 11.3. The third kappa shape index (κ3) is 10.5. The van der Waals surface area contributed by atoms with Gasteiger partial charge in [-0.3, -0.25) is 9.59 Å². The van der Waals surface area contributed by atoms with Crippen molar-refractivity contribution in [3.05, 3.63) is 0 Å². The number of aliphatic hydroxyl groups is 1. The van der Waals surface area contributed by atoms with E-state index < -0.39 is 0 Å². The van der Waals surface area contributed by atoms with E-state index in [2.05, 4.69) is 15.4 Å². The molecular weight excluding hydrogens is 248 g/mol. The van der Waals surface area contributed by atoms with Gasteiger partial charge in [0.25, 0.3) is 6.47 Å². The molecule has 6 nitrogen and oxygen atoms in total. The molecule has 1 aliphatic heterocycles. The van der Waals surface area contributed by atoms with Crippen molar-refractivity contribution >= 4 is 12.4 Å². The molecule has 0 bridgehead atoms. The highest BCUT2D eigenvalue weighted by molar-refractivity contribution is 5.78. The third-order valence-corrected chi connectivity index (χ3v) is 2.48. The van der Waals surface area contributed by atoms with Crippen LogP contribution in [-0.4, -0.2) is 49.3 Å². The molecule has 0 aromatic heterocycles. The fraction of sp³-hybridized carbons (Fsp3) is 0.846. The van der Waals surface area contributed by atoms with Crippen molar-refractivity contribution in [3.8, 4) is 0 Å². The summed E-state index contributed by atoms with van der Waals surface area (Å²) in [6, 6.07) is 0. The van der Waals surface area contributed by atoms with Gasteiger partial charge in [-0.25, -0.2) is 0 Å². The zero-order valence-corrected chi connectivity index (χ0v) is 12.1. The van der Waals surface area contributed by atoms with E-state index in [1.807, 2.05) is 20.8 Å². The lowest BCUT2D eigenvalue weighted by Crippen LogP contribution is -2.41. The molecule has 1 atom stereocenters. The molecule has 0 radical (unpaired) electrons. The second kappa shape index (κ2) is 9.75. The van der Waals surface area contributed by atoms with E-state index in [1.54, 1.807) is 0 Å². The van der Waals surface area contributed by atoms with Crippen molar-refractivity contribution in [1.82, 2.24) is 10.6 Å². The Morgan fingerprint density at radius 1 is 1.53 bits per heavy atom. The minimum absolute atomic E-state index is 0.0197. The number of ether oxygens (including phenoxy) is 1. The van der Waals surface area contributed by atoms with Crippen LogP contribution in [0.3, 0.4) is 0 Å². The molecule has 19 heavy (non-hydrogen) atoms. The van der Waals surface area contributed by atoms with Gasteiger partial charge < -0.3 is 20.5 Å². The van der Waals surface area contributed by atoms with E-state index in [-0.39, 0.29) is 24.0 Å². The molecule has 1 fully saturated rings. The van der Waals surface area contributed by atoms with Crippen LogP contribution in [0.4, 0.5) is 0 Å². The Morgan fingerprint density at radius 2 is 2.21 bits per heavy atom. The highest BCUT2D eigenvalue weighted by atomic mass is 16.5. The number of amides is 1. The average Bonchev–Trinajstić information content (AvgIpc) is 2.36. The number of aliphatic hydroxyl groups excluding tert-OH is 1. The van der Waals surface area contributed by atoms with Crippen LogP contribution in [0.15, 0.2) is 0 Å². The molecule has 112 valence electrons. The molecule has 1 amide bonds. The van der Waals surface area contributed by atoms with Crippen LogP contribution in [0.5, 0.6) is 0 Å². The molecule has 0 unspecified atom stereocenters. The van der Waals surface area contributed by atoms with Crippen molar-refractivity contribution in [3.63, 3.8) is 0 Å². The normalized spacial score (nSPS) is 18.8. The number of hydrogen-bond acceptors (Lipinski definition) is 5. The molecule has 0 aromatic carbocycles. The standard InChI is InChI=1S/C8H16N2O2.C5H10O2/c11-5-4-10-8(12)7-2-1-3-9-6-7;1-5(2,3)7-4-6/h7,9,11H,1-6H2,(H,10,12);4H,1-3H3/t7-;/m1./s1. The summed E-state index contributed by atoms with van der Waals surface area (Å²) < 4.78 is 4.55. The van der Waals surface area contributed by atoms with Gasteiger partial charge in [0.15, 0.2) is 0 Å². The fourth-order valence-electron chi connectivity index (χ4n) is 1.54. The van der Waals surface area contributed by atoms with Gasteiger partial charge in [-0.05, 0) is 40.2 Å². The zero-order chi connectivity index (χ0) is 14.7. The minimum Gasteiger partial charge on any atom is -0.462 e. The molecule has 1 saturated heterocycles. The van der Waals surface area contributed by atoms with Gasteiger partial charge in [0.1, 0.15) is 5.60 Å². The highest BCUT2D eigenvalue weighted by Crippen LogP contribution is 2.09. The van der Waals surface area contributed by atoms with Gasteiger partial charge in [0.05, 0.1) is 12.5 Å². The smallest absolute Gasteiger partial charge is 0.293 e. The van der Waals surface area contributed by atoms with Crippen LogP contribution in [0.1, 0.15) is 33.6 Å². The molecule has 0 aromatic rings. The SMILES string of the molecule is CC(C)(C)OC=O.O=C(NCCO)[C@@H]1CCCNC1. The monoisotopic (exact) mass is 274 g/mol. The van der Waals surface area contributed by atoms with Crippen LogP contribution in [0.2, 0.25) is 0 Å². The lowest BCUT2D eigenvalue weighted by Gasteiger charge is -2.21. The Hall–Kier alpha value is -1.14. The predicted octanol–water partition coefficient (Wildman–Crippen LogP) is 0.0524. The van der Waals surface area contributed by atoms with Crippen LogP contribution >= 0.6 is 0 Å². The number of hydrogen-bond donors (Lipinski definition) is 3. The van der Waals surface area contributed by atoms with Crippen molar-refractivity contribution < 1.29 is 19.4 Å². The summed E-state index contributed by atoms with van der Waals surface area (Å²) in [4.78, 5) is 20.9. The molecule has 0 aliphatic carbocycles. The lowest BCUT2D eigenvalue weighted by molar-refractivity contribution is -0.138. The summed E-state index contributed by atoms with van der Waals surface area (Å²) in [5.41, 5.74) is -0.318. The summed E-state index contributed by atoms with van der Waals surface area (Å²) in [6.07, 6.45) is 2.03. The van der Waals surface area contributed by atoms with E-state index in [9.17, 15) is 9.59 Å². The summed E-state index contributed by atoms with van der Waals surface area (Å²) in [6.45, 7) is 8.10. The Morgan fingerprint density at radius 3 is 2.58 bits per heavy atom. The Bertz CT molecular complexity index is 258. The van der Waals surface area contributed by atoms with Gasteiger partial charge in [-0.2, -0.15) is 0 Å². The average molecular weight is 274 g/mol. The molecule has 0 spiro atoms. The molecule has 1 heterocycles. The van der Waals surface area contributed by atoms with Crippen LogP contribution < -0.4 is 10.6 Å². The maximum atomic E-state index is 11.3. The molecule has 1 aliphatic rings. The van der Waals surface area contributed by atoms with Gasteiger partial charge in [0.2, 0.25) is 5.91 Å². The van der Waals surface area contributed by atoms with E-state index in [0.717, 1.165) is 25.9 Å². The summed E-state index contributed by atoms with van der Waals surface area (Å²) in [5, 5.41) is 14.3. The number of rotatable bonds is 4. The Labute approximate surface area is 114 Å². The van der Waals surface area contributed by atoms with Crippen molar-refractivity contribution in [2.45, 2.75) is 39.2 Å². The quantitative estimate of drug-likeness (QED) is 0.631. The van der Waals surface area contributed by atoms with Gasteiger partial charge >= 0.3 is 0 Å². The Kier molecular flexibility index (Phi) is 9.16. The molecule has 3 N–H and O–H groups in total. The van der Waals surface area contributed by atoms with E-state index in [1.165, 1.54) is 0 Å². The zero-order valence-electron chi connectivity index (χ0n) is 12.1.